The van der Waals surface area contributed by atoms with Gasteiger partial charge in [-0.25, -0.2) is 0 Å². The molecule has 0 N–H and O–H groups in total. The van der Waals surface area contributed by atoms with E-state index in [-0.39, 0.29) is 11.7 Å². The summed E-state index contributed by atoms with van der Waals surface area (Å²) in [6, 6.07) is 2.32. The molecule has 0 radical (unpaired) electrons. The molecule has 0 aromatic carbocycles. The average molecular weight is 335 g/mol. The third-order valence-corrected chi connectivity index (χ3v) is 4.67. The van der Waals surface area contributed by atoms with Crippen LogP contribution in [0.3, 0.4) is 0 Å². The molecule has 0 saturated heterocycles. The van der Waals surface area contributed by atoms with Crippen LogP contribution < -0.4 is 0 Å². The van der Waals surface area contributed by atoms with E-state index in [1.807, 2.05) is 40.1 Å². The number of nitriles is 1. The SMILES string of the molecule is Cc1cnn(C)c1/C=C1\CC(C#N)C/C(=C\c2c(C)cnn2C)C1=O. The molecule has 0 amide bonds. The summed E-state index contributed by atoms with van der Waals surface area (Å²) in [4.78, 5) is 13.0. The standard InChI is InChI=1S/C19H21N5O/c1-12-10-21-23(3)17(12)7-15-5-14(9-20)6-16(19(15)25)8-18-13(2)11-22-24(18)4/h7-8,10-11,14H,5-6H2,1-4H3/b15-7+,16-8+. The molecular formula is C19H21N5O. The molecule has 0 bridgehead atoms. The highest BCUT2D eigenvalue weighted by Gasteiger charge is 2.28. The second-order valence-electron chi connectivity index (χ2n) is 6.58. The van der Waals surface area contributed by atoms with E-state index in [9.17, 15) is 10.1 Å². The number of rotatable bonds is 2. The maximum Gasteiger partial charge on any atom is 0.185 e. The van der Waals surface area contributed by atoms with Gasteiger partial charge in [0.25, 0.3) is 0 Å². The lowest BCUT2D eigenvalue weighted by molar-refractivity contribution is -0.113. The number of aromatic nitrogens is 4. The maximum absolute atomic E-state index is 13.0. The molecule has 6 nitrogen and oxygen atoms in total. The van der Waals surface area contributed by atoms with Gasteiger partial charge < -0.3 is 0 Å². The molecule has 1 aliphatic carbocycles. The maximum atomic E-state index is 13.0. The molecule has 2 aromatic rings. The van der Waals surface area contributed by atoms with Gasteiger partial charge in [-0.1, -0.05) is 0 Å². The van der Waals surface area contributed by atoms with E-state index in [1.54, 1.807) is 21.8 Å². The highest BCUT2D eigenvalue weighted by Crippen LogP contribution is 2.32. The van der Waals surface area contributed by atoms with Crippen LogP contribution >= 0.6 is 0 Å². The topological polar surface area (TPSA) is 76.5 Å². The van der Waals surface area contributed by atoms with Gasteiger partial charge in [-0.15, -0.1) is 0 Å². The van der Waals surface area contributed by atoms with E-state index in [4.69, 9.17) is 0 Å². The van der Waals surface area contributed by atoms with Crippen molar-refractivity contribution in [1.29, 1.82) is 5.26 Å². The van der Waals surface area contributed by atoms with Crippen LogP contribution in [0.4, 0.5) is 0 Å². The summed E-state index contributed by atoms with van der Waals surface area (Å²) in [6.07, 6.45) is 8.24. The van der Waals surface area contributed by atoms with Gasteiger partial charge in [0.15, 0.2) is 5.78 Å². The fraction of sp³-hybridized carbons (Fsp3) is 0.368. The predicted molar refractivity (Wildman–Crippen MR) is 95.2 cm³/mol. The van der Waals surface area contributed by atoms with E-state index in [2.05, 4.69) is 16.3 Å². The fourth-order valence-corrected chi connectivity index (χ4v) is 3.19. The van der Waals surface area contributed by atoms with Gasteiger partial charge in [-0.2, -0.15) is 15.5 Å². The smallest absolute Gasteiger partial charge is 0.185 e. The van der Waals surface area contributed by atoms with Crippen LogP contribution in [0, 0.1) is 31.1 Å². The van der Waals surface area contributed by atoms with E-state index >= 15 is 0 Å². The van der Waals surface area contributed by atoms with Crippen molar-refractivity contribution in [3.8, 4) is 6.07 Å². The van der Waals surface area contributed by atoms with Crippen LogP contribution in [0.1, 0.15) is 35.4 Å². The Labute approximate surface area is 147 Å². The Morgan fingerprint density at radius 1 is 1.04 bits per heavy atom. The summed E-state index contributed by atoms with van der Waals surface area (Å²) >= 11 is 0. The minimum atomic E-state index is -0.197. The van der Waals surface area contributed by atoms with Crippen molar-refractivity contribution in [3.63, 3.8) is 0 Å². The van der Waals surface area contributed by atoms with Gasteiger partial charge in [0.05, 0.1) is 35.8 Å². The van der Waals surface area contributed by atoms with E-state index in [1.165, 1.54) is 0 Å². The van der Waals surface area contributed by atoms with Crippen molar-refractivity contribution in [2.45, 2.75) is 26.7 Å². The lowest BCUT2D eigenvalue weighted by atomic mass is 9.81. The summed E-state index contributed by atoms with van der Waals surface area (Å²) in [6.45, 7) is 3.93. The number of carbonyl (C=O) groups is 1. The molecule has 0 atom stereocenters. The highest BCUT2D eigenvalue weighted by atomic mass is 16.1. The normalized spacial score (nSPS) is 21.1. The van der Waals surface area contributed by atoms with Gasteiger partial charge in [-0.3, -0.25) is 14.2 Å². The lowest BCUT2D eigenvalue weighted by Gasteiger charge is -2.21. The number of carbonyl (C=O) groups excluding carboxylic acids is 1. The number of hydrogen-bond donors (Lipinski definition) is 0. The lowest BCUT2D eigenvalue weighted by Crippen LogP contribution is -2.19. The minimum absolute atomic E-state index is 0.00713. The molecule has 25 heavy (non-hydrogen) atoms. The largest absolute Gasteiger partial charge is 0.289 e. The Morgan fingerprint density at radius 2 is 1.48 bits per heavy atom. The molecule has 0 aliphatic heterocycles. The van der Waals surface area contributed by atoms with Crippen molar-refractivity contribution < 1.29 is 4.79 Å². The summed E-state index contributed by atoms with van der Waals surface area (Å²) in [7, 11) is 3.70. The van der Waals surface area contributed by atoms with E-state index < -0.39 is 0 Å². The molecule has 1 aliphatic rings. The first kappa shape index (κ1) is 16.9. The van der Waals surface area contributed by atoms with Gasteiger partial charge in [-0.05, 0) is 50.0 Å². The first-order chi connectivity index (χ1) is 11.9. The Hall–Kier alpha value is -2.94. The highest BCUT2D eigenvalue weighted by molar-refractivity contribution is 6.14. The van der Waals surface area contributed by atoms with Crippen molar-refractivity contribution in [2.75, 3.05) is 0 Å². The van der Waals surface area contributed by atoms with Crippen LogP contribution in [0.15, 0.2) is 23.5 Å². The first-order valence-corrected chi connectivity index (χ1v) is 8.23. The predicted octanol–water partition coefficient (Wildman–Crippen LogP) is 2.74. The Balaban J connectivity index is 2.04. The second kappa shape index (κ2) is 6.52. The molecule has 1 saturated carbocycles. The molecular weight excluding hydrogens is 314 g/mol. The zero-order chi connectivity index (χ0) is 18.1. The third kappa shape index (κ3) is 3.18. The van der Waals surface area contributed by atoms with Crippen molar-refractivity contribution >= 4 is 17.9 Å². The molecule has 0 unspecified atom stereocenters. The molecule has 2 heterocycles. The summed E-state index contributed by atoms with van der Waals surface area (Å²) in [5, 5.41) is 17.9. The van der Waals surface area contributed by atoms with Crippen LogP contribution in [0.2, 0.25) is 0 Å². The van der Waals surface area contributed by atoms with E-state index in [0.717, 1.165) is 22.5 Å². The van der Waals surface area contributed by atoms with Crippen molar-refractivity contribution in [1.82, 2.24) is 19.6 Å². The van der Waals surface area contributed by atoms with E-state index in [0.29, 0.717) is 24.0 Å². The molecule has 6 heteroatoms. The van der Waals surface area contributed by atoms with Crippen LogP contribution in [0.5, 0.6) is 0 Å². The number of allylic oxidation sites excluding steroid dienone is 2. The number of aryl methyl sites for hydroxylation is 4. The number of hydrogen-bond acceptors (Lipinski definition) is 4. The quantitative estimate of drug-likeness (QED) is 0.791. The third-order valence-electron chi connectivity index (χ3n) is 4.67. The van der Waals surface area contributed by atoms with Gasteiger partial charge in [0.2, 0.25) is 0 Å². The van der Waals surface area contributed by atoms with Crippen LogP contribution in [-0.2, 0) is 18.9 Å². The van der Waals surface area contributed by atoms with Gasteiger partial charge in [0.1, 0.15) is 0 Å². The van der Waals surface area contributed by atoms with Crippen LogP contribution in [0.25, 0.3) is 12.2 Å². The summed E-state index contributed by atoms with van der Waals surface area (Å²) < 4.78 is 3.50. The molecule has 3 rings (SSSR count). The molecule has 1 fully saturated rings. The van der Waals surface area contributed by atoms with Gasteiger partial charge >= 0.3 is 0 Å². The average Bonchev–Trinajstić information content (AvgIpc) is 3.07. The molecule has 0 spiro atoms. The number of nitrogens with zero attached hydrogens (tertiary/aromatic N) is 5. The van der Waals surface area contributed by atoms with Crippen molar-refractivity contribution in [2.24, 2.45) is 20.0 Å². The van der Waals surface area contributed by atoms with Gasteiger partial charge in [0, 0.05) is 25.2 Å². The Kier molecular flexibility index (Phi) is 4.41. The number of Topliss-reactive ketones (excluding diaryl/α,β-unsaturated/α-hetero) is 1. The number of ketones is 1. The minimum Gasteiger partial charge on any atom is -0.289 e. The summed E-state index contributed by atoms with van der Waals surface area (Å²) in [5.41, 5.74) is 5.15. The molecule has 2 aromatic heterocycles. The van der Waals surface area contributed by atoms with Crippen LogP contribution in [-0.4, -0.2) is 25.3 Å². The first-order valence-electron chi connectivity index (χ1n) is 8.23. The zero-order valence-electron chi connectivity index (χ0n) is 14.9. The Bertz CT molecular complexity index is 828. The Morgan fingerprint density at radius 3 is 1.80 bits per heavy atom. The molecule has 128 valence electrons. The fourth-order valence-electron chi connectivity index (χ4n) is 3.19. The second-order valence-corrected chi connectivity index (χ2v) is 6.58. The summed E-state index contributed by atoms with van der Waals surface area (Å²) in [5.74, 6) is -0.190. The zero-order valence-corrected chi connectivity index (χ0v) is 14.9. The van der Waals surface area contributed by atoms with Crippen molar-refractivity contribution in [3.05, 3.63) is 46.1 Å². The monoisotopic (exact) mass is 335 g/mol.